The van der Waals surface area contributed by atoms with Gasteiger partial charge in [0.25, 0.3) is 0 Å². The molecule has 1 aromatic carbocycles. The summed E-state index contributed by atoms with van der Waals surface area (Å²) >= 11 is 0. The van der Waals surface area contributed by atoms with Crippen molar-refractivity contribution in [2.45, 2.75) is 19.4 Å². The molecule has 0 bridgehead atoms. The highest BCUT2D eigenvalue weighted by Crippen LogP contribution is 2.23. The van der Waals surface area contributed by atoms with Gasteiger partial charge in [-0.15, -0.1) is 0 Å². The fraction of sp³-hybridized carbons (Fsp3) is 0.333. The summed E-state index contributed by atoms with van der Waals surface area (Å²) in [6.07, 6.45) is 0. The lowest BCUT2D eigenvalue weighted by atomic mass is 10.1. The van der Waals surface area contributed by atoms with Gasteiger partial charge in [-0.25, -0.2) is 8.78 Å². The van der Waals surface area contributed by atoms with Crippen LogP contribution < -0.4 is 5.32 Å². The molecule has 0 unspecified atom stereocenters. The molecule has 0 atom stereocenters. The molecule has 0 aliphatic rings. The highest BCUT2D eigenvalue weighted by molar-refractivity contribution is 5.54. The van der Waals surface area contributed by atoms with E-state index < -0.39 is 17.2 Å². The van der Waals surface area contributed by atoms with Crippen LogP contribution in [-0.4, -0.2) is 17.2 Å². The first-order valence-electron chi connectivity index (χ1n) is 5.42. The summed E-state index contributed by atoms with van der Waals surface area (Å²) in [6, 6.07) is 3.47. The van der Waals surface area contributed by atoms with E-state index in [1.54, 1.807) is 7.05 Å². The summed E-state index contributed by atoms with van der Waals surface area (Å²) in [5, 5.41) is 6.77. The van der Waals surface area contributed by atoms with E-state index in [9.17, 15) is 8.78 Å². The van der Waals surface area contributed by atoms with E-state index in [-0.39, 0.29) is 5.82 Å². The largest absolute Gasteiger partial charge is 0.337 e. The molecule has 0 fully saturated rings. The van der Waals surface area contributed by atoms with Crippen LogP contribution in [0.1, 0.15) is 19.7 Å². The van der Waals surface area contributed by atoms with Crippen molar-refractivity contribution in [2.24, 2.45) is 0 Å². The summed E-state index contributed by atoms with van der Waals surface area (Å²) in [5.41, 5.74) is -0.111. The second-order valence-electron chi connectivity index (χ2n) is 4.43. The lowest BCUT2D eigenvalue weighted by molar-refractivity contribution is 0.281. The molecule has 0 saturated heterocycles. The Morgan fingerprint density at radius 3 is 2.56 bits per heavy atom. The fourth-order valence-corrected chi connectivity index (χ4v) is 1.34. The van der Waals surface area contributed by atoms with Gasteiger partial charge >= 0.3 is 0 Å². The molecule has 0 spiro atoms. The van der Waals surface area contributed by atoms with Gasteiger partial charge < -0.3 is 9.84 Å². The Morgan fingerprint density at radius 2 is 1.94 bits per heavy atom. The van der Waals surface area contributed by atoms with Crippen LogP contribution in [0.5, 0.6) is 0 Å². The van der Waals surface area contributed by atoms with Gasteiger partial charge in [-0.3, -0.25) is 0 Å². The van der Waals surface area contributed by atoms with Crippen molar-refractivity contribution in [3.63, 3.8) is 0 Å². The topological polar surface area (TPSA) is 51.0 Å². The molecule has 1 heterocycles. The molecule has 6 heteroatoms. The highest BCUT2D eigenvalue weighted by atomic mass is 19.2. The highest BCUT2D eigenvalue weighted by Gasteiger charge is 2.25. The molecule has 96 valence electrons. The third-order valence-electron chi connectivity index (χ3n) is 2.76. The van der Waals surface area contributed by atoms with Crippen LogP contribution in [0.15, 0.2) is 22.7 Å². The molecule has 18 heavy (non-hydrogen) atoms. The Kier molecular flexibility index (Phi) is 3.13. The van der Waals surface area contributed by atoms with Gasteiger partial charge in [-0.05, 0) is 39.1 Å². The van der Waals surface area contributed by atoms with E-state index in [1.165, 1.54) is 6.07 Å². The van der Waals surface area contributed by atoms with Gasteiger partial charge in [-0.1, -0.05) is 5.16 Å². The van der Waals surface area contributed by atoms with E-state index in [0.717, 1.165) is 12.1 Å². The zero-order chi connectivity index (χ0) is 13.3. The molecule has 0 radical (unpaired) electrons. The van der Waals surface area contributed by atoms with Crippen molar-refractivity contribution in [2.75, 3.05) is 7.05 Å². The van der Waals surface area contributed by atoms with Gasteiger partial charge in [0.05, 0.1) is 5.54 Å². The minimum Gasteiger partial charge on any atom is -0.337 e. The molecule has 0 aliphatic heterocycles. The number of halogens is 2. The van der Waals surface area contributed by atoms with Gasteiger partial charge in [0.2, 0.25) is 11.7 Å². The van der Waals surface area contributed by atoms with Crippen LogP contribution in [0.4, 0.5) is 8.78 Å². The second-order valence-corrected chi connectivity index (χ2v) is 4.43. The Morgan fingerprint density at radius 1 is 1.22 bits per heavy atom. The van der Waals surface area contributed by atoms with Crippen LogP contribution >= 0.6 is 0 Å². The minimum absolute atomic E-state index is 0.229. The third-order valence-corrected chi connectivity index (χ3v) is 2.76. The standard InChI is InChI=1S/C12H13F2N3O/c1-12(2,15-3)11-16-10(17-18-11)7-4-5-8(13)9(14)6-7/h4-6,15H,1-3H3. The maximum atomic E-state index is 13.1. The van der Waals surface area contributed by atoms with Crippen molar-refractivity contribution in [1.82, 2.24) is 15.5 Å². The Balaban J connectivity index is 2.38. The molecule has 2 aromatic rings. The molecule has 0 saturated carbocycles. The van der Waals surface area contributed by atoms with Crippen LogP contribution in [0.25, 0.3) is 11.4 Å². The number of rotatable bonds is 3. The SMILES string of the molecule is CNC(C)(C)c1nc(-c2ccc(F)c(F)c2)no1. The van der Waals surface area contributed by atoms with Gasteiger partial charge in [0.1, 0.15) is 0 Å². The van der Waals surface area contributed by atoms with Crippen molar-refractivity contribution >= 4 is 0 Å². The predicted octanol–water partition coefficient (Wildman–Crippen LogP) is 2.47. The van der Waals surface area contributed by atoms with Gasteiger partial charge in [-0.2, -0.15) is 4.98 Å². The molecule has 1 N–H and O–H groups in total. The second kappa shape index (κ2) is 4.45. The Labute approximate surface area is 103 Å². The zero-order valence-corrected chi connectivity index (χ0v) is 10.3. The molecule has 4 nitrogen and oxygen atoms in total. The minimum atomic E-state index is -0.938. The quantitative estimate of drug-likeness (QED) is 0.913. The Bertz CT molecular complexity index is 566. The summed E-state index contributed by atoms with van der Waals surface area (Å²) in [4.78, 5) is 4.16. The number of hydrogen-bond acceptors (Lipinski definition) is 4. The lowest BCUT2D eigenvalue weighted by Gasteiger charge is -2.17. The van der Waals surface area contributed by atoms with E-state index in [0.29, 0.717) is 11.5 Å². The number of hydrogen-bond donors (Lipinski definition) is 1. The molecule has 0 amide bonds. The van der Waals surface area contributed by atoms with Crippen molar-refractivity contribution < 1.29 is 13.3 Å². The number of nitrogens with zero attached hydrogens (tertiary/aromatic N) is 2. The van der Waals surface area contributed by atoms with E-state index in [2.05, 4.69) is 15.5 Å². The van der Waals surface area contributed by atoms with Crippen molar-refractivity contribution in [3.05, 3.63) is 35.7 Å². The summed E-state index contributed by atoms with van der Waals surface area (Å²) < 4.78 is 31.0. The average Bonchev–Trinajstić information content (AvgIpc) is 2.83. The third kappa shape index (κ3) is 2.24. The first-order valence-corrected chi connectivity index (χ1v) is 5.42. The fourth-order valence-electron chi connectivity index (χ4n) is 1.34. The maximum Gasteiger partial charge on any atom is 0.246 e. The summed E-state index contributed by atoms with van der Waals surface area (Å²) in [6.45, 7) is 3.74. The Hall–Kier alpha value is -1.82. The first kappa shape index (κ1) is 12.6. The van der Waals surface area contributed by atoms with Gasteiger partial charge in [0.15, 0.2) is 11.6 Å². The van der Waals surface area contributed by atoms with E-state index >= 15 is 0 Å². The van der Waals surface area contributed by atoms with E-state index in [4.69, 9.17) is 4.52 Å². The number of aromatic nitrogens is 2. The smallest absolute Gasteiger partial charge is 0.246 e. The summed E-state index contributed by atoms with van der Waals surface area (Å²) in [7, 11) is 1.77. The average molecular weight is 253 g/mol. The van der Waals surface area contributed by atoms with E-state index in [1.807, 2.05) is 13.8 Å². The normalized spacial score (nSPS) is 11.8. The molecule has 2 rings (SSSR count). The van der Waals surface area contributed by atoms with Crippen molar-refractivity contribution in [1.29, 1.82) is 0 Å². The number of nitrogens with one attached hydrogen (secondary N) is 1. The van der Waals surface area contributed by atoms with Crippen LogP contribution in [-0.2, 0) is 5.54 Å². The monoisotopic (exact) mass is 253 g/mol. The molecular formula is C12H13F2N3O. The summed E-state index contributed by atoms with van der Waals surface area (Å²) in [5.74, 6) is -1.23. The van der Waals surface area contributed by atoms with Crippen molar-refractivity contribution in [3.8, 4) is 11.4 Å². The predicted molar refractivity (Wildman–Crippen MR) is 61.7 cm³/mol. The van der Waals surface area contributed by atoms with Crippen LogP contribution in [0, 0.1) is 11.6 Å². The first-order chi connectivity index (χ1) is 8.44. The molecular weight excluding hydrogens is 240 g/mol. The van der Waals surface area contributed by atoms with Crippen LogP contribution in [0.3, 0.4) is 0 Å². The lowest BCUT2D eigenvalue weighted by Crippen LogP contribution is -2.33. The van der Waals surface area contributed by atoms with Crippen LogP contribution in [0.2, 0.25) is 0 Å². The zero-order valence-electron chi connectivity index (χ0n) is 10.3. The number of benzene rings is 1. The molecule has 1 aromatic heterocycles. The molecule has 0 aliphatic carbocycles. The van der Waals surface area contributed by atoms with Gasteiger partial charge in [0, 0.05) is 5.56 Å². The maximum absolute atomic E-state index is 13.1.